The number of rotatable bonds is 4. The van der Waals surface area contributed by atoms with Crippen LogP contribution in [0.1, 0.15) is 15.4 Å². The number of sulfonamides is 1. The highest BCUT2D eigenvalue weighted by molar-refractivity contribution is 7.93. The molecule has 0 saturated heterocycles. The van der Waals surface area contributed by atoms with E-state index in [1.165, 1.54) is 0 Å². The number of benzene rings is 1. The number of amides is 1. The van der Waals surface area contributed by atoms with Gasteiger partial charge in [-0.2, -0.15) is 0 Å². The molecule has 2 aromatic rings. The number of nitrogens with zero attached hydrogens (tertiary/aromatic N) is 1. The Hall–Kier alpha value is -2.00. The molecule has 9 heteroatoms. The minimum absolute atomic E-state index is 0.0284. The zero-order valence-electron chi connectivity index (χ0n) is 10.3. The van der Waals surface area contributed by atoms with Gasteiger partial charge in [0.2, 0.25) is 0 Å². The van der Waals surface area contributed by atoms with Gasteiger partial charge in [0.15, 0.2) is 5.13 Å². The van der Waals surface area contributed by atoms with Crippen molar-refractivity contribution in [3.8, 4) is 0 Å². The lowest BCUT2D eigenvalue weighted by Crippen LogP contribution is -2.12. The summed E-state index contributed by atoms with van der Waals surface area (Å²) in [5.74, 6) is -1.21. The molecule has 0 saturated carbocycles. The number of hydrogen-bond acceptors (Lipinski definition) is 5. The Labute approximate surface area is 118 Å². The smallest absolute Gasteiger partial charge is 0.263 e. The van der Waals surface area contributed by atoms with E-state index < -0.39 is 21.7 Å². The molecule has 0 aliphatic rings. The average molecular weight is 315 g/mol. The summed E-state index contributed by atoms with van der Waals surface area (Å²) >= 11 is 0.842. The van der Waals surface area contributed by atoms with Crippen molar-refractivity contribution in [3.05, 3.63) is 40.7 Å². The van der Waals surface area contributed by atoms with E-state index in [9.17, 15) is 17.6 Å². The van der Waals surface area contributed by atoms with Crippen LogP contribution < -0.4 is 10.5 Å². The van der Waals surface area contributed by atoms with E-state index in [0.717, 1.165) is 35.6 Å². The number of aromatic nitrogens is 1. The van der Waals surface area contributed by atoms with E-state index in [-0.39, 0.29) is 14.9 Å². The fourth-order valence-corrected chi connectivity index (χ4v) is 3.51. The molecule has 0 fully saturated rings. The van der Waals surface area contributed by atoms with Crippen LogP contribution in [0.15, 0.2) is 29.2 Å². The van der Waals surface area contributed by atoms with Crippen molar-refractivity contribution in [2.45, 2.75) is 11.8 Å². The number of aryl methyl sites for hydroxylation is 1. The van der Waals surface area contributed by atoms with Gasteiger partial charge in [0, 0.05) is 0 Å². The molecule has 0 bridgehead atoms. The number of halogens is 1. The largest absolute Gasteiger partial charge is 0.365 e. The Balaban J connectivity index is 2.31. The number of thiazole rings is 1. The number of carbonyl (C=O) groups is 1. The van der Waals surface area contributed by atoms with E-state index in [2.05, 4.69) is 9.71 Å². The average Bonchev–Trinajstić information content (AvgIpc) is 2.70. The van der Waals surface area contributed by atoms with Crippen LogP contribution >= 0.6 is 11.3 Å². The third-order valence-corrected chi connectivity index (χ3v) is 4.94. The highest BCUT2D eigenvalue weighted by Gasteiger charge is 2.19. The van der Waals surface area contributed by atoms with Crippen LogP contribution in [0.25, 0.3) is 0 Å². The van der Waals surface area contributed by atoms with Crippen molar-refractivity contribution in [3.63, 3.8) is 0 Å². The Morgan fingerprint density at radius 2 is 1.95 bits per heavy atom. The lowest BCUT2D eigenvalue weighted by atomic mass is 10.4. The fraction of sp³-hybridized carbons (Fsp3) is 0.0909. The van der Waals surface area contributed by atoms with Gasteiger partial charge < -0.3 is 5.73 Å². The highest BCUT2D eigenvalue weighted by Crippen LogP contribution is 2.24. The number of hydrogen-bond donors (Lipinski definition) is 2. The molecule has 0 radical (unpaired) electrons. The Morgan fingerprint density at radius 1 is 1.35 bits per heavy atom. The van der Waals surface area contributed by atoms with Crippen LogP contribution in [-0.4, -0.2) is 19.3 Å². The lowest BCUT2D eigenvalue weighted by Gasteiger charge is -2.04. The van der Waals surface area contributed by atoms with Gasteiger partial charge in [-0.15, -0.1) is 0 Å². The second-order valence-corrected chi connectivity index (χ2v) is 6.54. The van der Waals surface area contributed by atoms with Gasteiger partial charge in [-0.25, -0.2) is 17.8 Å². The Bertz CT molecular complexity index is 754. The maximum absolute atomic E-state index is 12.8. The first-order valence-corrected chi connectivity index (χ1v) is 7.65. The van der Waals surface area contributed by atoms with Crippen LogP contribution in [0.2, 0.25) is 0 Å². The topological polar surface area (TPSA) is 102 Å². The van der Waals surface area contributed by atoms with Gasteiger partial charge in [-0.05, 0) is 31.2 Å². The molecule has 0 spiro atoms. The van der Waals surface area contributed by atoms with Gasteiger partial charge in [0.1, 0.15) is 10.7 Å². The van der Waals surface area contributed by atoms with Gasteiger partial charge in [0.25, 0.3) is 15.9 Å². The summed E-state index contributed by atoms with van der Waals surface area (Å²) in [5, 5.41) is 0.0284. The standard InChI is InChI=1S/C11H10FN3O3S2/c1-6-9(10(13)16)19-11(14-6)15-20(17,18)8-4-2-7(12)3-5-8/h2-5H,1H3,(H2,13,16)(H,14,15). The summed E-state index contributed by atoms with van der Waals surface area (Å²) in [6.45, 7) is 1.55. The molecule has 2 rings (SSSR count). The summed E-state index contributed by atoms with van der Waals surface area (Å²) < 4.78 is 39.0. The van der Waals surface area contributed by atoms with E-state index in [4.69, 9.17) is 5.73 Å². The fourth-order valence-electron chi connectivity index (χ4n) is 1.46. The summed E-state index contributed by atoms with van der Waals surface area (Å²) in [6.07, 6.45) is 0. The lowest BCUT2D eigenvalue weighted by molar-refractivity contribution is 0.100. The summed E-state index contributed by atoms with van der Waals surface area (Å²) in [4.78, 5) is 15.1. The molecule has 3 N–H and O–H groups in total. The highest BCUT2D eigenvalue weighted by atomic mass is 32.2. The SMILES string of the molecule is Cc1nc(NS(=O)(=O)c2ccc(F)cc2)sc1C(N)=O. The van der Waals surface area contributed by atoms with Gasteiger partial charge >= 0.3 is 0 Å². The van der Waals surface area contributed by atoms with E-state index in [1.54, 1.807) is 6.92 Å². The van der Waals surface area contributed by atoms with Crippen molar-refractivity contribution >= 4 is 32.4 Å². The quantitative estimate of drug-likeness (QED) is 0.892. The molecule has 1 amide bonds. The Kier molecular flexibility index (Phi) is 3.73. The number of nitrogens with one attached hydrogen (secondary N) is 1. The molecule has 1 aromatic heterocycles. The summed E-state index contributed by atoms with van der Waals surface area (Å²) in [7, 11) is -3.88. The van der Waals surface area contributed by atoms with Crippen LogP contribution in [0.5, 0.6) is 0 Å². The minimum Gasteiger partial charge on any atom is -0.365 e. The first-order valence-electron chi connectivity index (χ1n) is 5.35. The molecule has 0 unspecified atom stereocenters. The zero-order chi connectivity index (χ0) is 14.9. The number of primary amides is 1. The van der Waals surface area contributed by atoms with Gasteiger partial charge in [0.05, 0.1) is 10.6 Å². The number of nitrogens with two attached hydrogens (primary N) is 1. The van der Waals surface area contributed by atoms with Crippen molar-refractivity contribution in [2.75, 3.05) is 4.72 Å². The Morgan fingerprint density at radius 3 is 2.45 bits per heavy atom. The van der Waals surface area contributed by atoms with Crippen molar-refractivity contribution in [2.24, 2.45) is 5.73 Å². The first-order chi connectivity index (χ1) is 9.29. The molecule has 20 heavy (non-hydrogen) atoms. The van der Waals surface area contributed by atoms with Crippen molar-refractivity contribution in [1.29, 1.82) is 0 Å². The zero-order valence-corrected chi connectivity index (χ0v) is 11.9. The number of carbonyl (C=O) groups excluding carboxylic acids is 1. The van der Waals surface area contributed by atoms with Crippen LogP contribution in [-0.2, 0) is 10.0 Å². The van der Waals surface area contributed by atoms with E-state index in [0.29, 0.717) is 5.69 Å². The monoisotopic (exact) mass is 315 g/mol. The second kappa shape index (κ2) is 5.17. The molecule has 0 atom stereocenters. The third kappa shape index (κ3) is 2.94. The first kappa shape index (κ1) is 14.4. The maximum atomic E-state index is 12.8. The molecular weight excluding hydrogens is 305 g/mol. The molecule has 6 nitrogen and oxygen atoms in total. The number of anilines is 1. The molecule has 0 aliphatic carbocycles. The molecule has 1 heterocycles. The molecule has 0 aliphatic heterocycles. The summed E-state index contributed by atoms with van der Waals surface area (Å²) in [6, 6.07) is 4.34. The molecule has 106 valence electrons. The maximum Gasteiger partial charge on any atom is 0.263 e. The second-order valence-electron chi connectivity index (χ2n) is 3.86. The molecular formula is C11H10FN3O3S2. The summed E-state index contributed by atoms with van der Waals surface area (Å²) in [5.41, 5.74) is 5.48. The van der Waals surface area contributed by atoms with Crippen molar-refractivity contribution in [1.82, 2.24) is 4.98 Å². The van der Waals surface area contributed by atoms with Gasteiger partial charge in [-0.1, -0.05) is 11.3 Å². The third-order valence-electron chi connectivity index (χ3n) is 2.37. The van der Waals surface area contributed by atoms with Crippen LogP contribution in [0, 0.1) is 12.7 Å². The minimum atomic E-state index is -3.88. The van der Waals surface area contributed by atoms with Crippen LogP contribution in [0.4, 0.5) is 9.52 Å². The van der Waals surface area contributed by atoms with Crippen LogP contribution in [0.3, 0.4) is 0 Å². The van der Waals surface area contributed by atoms with Crippen molar-refractivity contribution < 1.29 is 17.6 Å². The molecule has 1 aromatic carbocycles. The van der Waals surface area contributed by atoms with Gasteiger partial charge in [-0.3, -0.25) is 9.52 Å². The van der Waals surface area contributed by atoms with E-state index >= 15 is 0 Å². The predicted octanol–water partition coefficient (Wildman–Crippen LogP) is 1.49. The van der Waals surface area contributed by atoms with E-state index in [1.807, 2.05) is 0 Å². The normalized spacial score (nSPS) is 11.3. The predicted molar refractivity (Wildman–Crippen MR) is 72.6 cm³/mol.